The number of benzene rings is 2. The molecule has 1 aromatic heterocycles. The van der Waals surface area contributed by atoms with Gasteiger partial charge in [-0.15, -0.1) is 0 Å². The lowest BCUT2D eigenvalue weighted by Gasteiger charge is -2.24. The van der Waals surface area contributed by atoms with Crippen molar-refractivity contribution in [2.75, 3.05) is 23.1 Å². The number of ether oxygens (including phenoxy) is 1. The molecule has 0 aliphatic carbocycles. The van der Waals surface area contributed by atoms with Gasteiger partial charge in [0, 0.05) is 12.1 Å². The Labute approximate surface area is 184 Å². The SMILES string of the molecule is COc1ccc(C)cc1NC(=O)[C@H]1CC(=O)Nc2nc(Nc3ccc(C)cc3)[nH]c(=O)c21. The maximum Gasteiger partial charge on any atom is 0.258 e. The van der Waals surface area contributed by atoms with E-state index in [0.717, 1.165) is 16.8 Å². The largest absolute Gasteiger partial charge is 0.495 e. The number of H-pyrrole nitrogens is 1. The molecule has 2 amide bonds. The first-order valence-electron chi connectivity index (χ1n) is 10.1. The summed E-state index contributed by atoms with van der Waals surface area (Å²) in [5, 5.41) is 8.39. The first kappa shape index (κ1) is 21.1. The van der Waals surface area contributed by atoms with Crippen LogP contribution in [0.4, 0.5) is 23.1 Å². The molecule has 2 aromatic carbocycles. The third-order valence-electron chi connectivity index (χ3n) is 5.19. The van der Waals surface area contributed by atoms with Crippen LogP contribution in [0.5, 0.6) is 5.75 Å². The lowest BCUT2D eigenvalue weighted by Crippen LogP contribution is -2.36. The molecule has 0 bridgehead atoms. The predicted octanol–water partition coefficient (Wildman–Crippen LogP) is 3.20. The number of rotatable bonds is 5. The number of nitrogens with zero attached hydrogens (tertiary/aromatic N) is 1. The molecule has 0 radical (unpaired) electrons. The van der Waals surface area contributed by atoms with Crippen molar-refractivity contribution in [1.82, 2.24) is 9.97 Å². The van der Waals surface area contributed by atoms with Gasteiger partial charge in [-0.1, -0.05) is 23.8 Å². The summed E-state index contributed by atoms with van der Waals surface area (Å²) in [5.74, 6) is -1.16. The highest BCUT2D eigenvalue weighted by molar-refractivity contribution is 6.05. The molecule has 0 fully saturated rings. The maximum atomic E-state index is 13.1. The van der Waals surface area contributed by atoms with Crippen LogP contribution < -0.4 is 26.2 Å². The Balaban J connectivity index is 1.65. The lowest BCUT2D eigenvalue weighted by atomic mass is 9.92. The Morgan fingerprint density at radius 2 is 1.81 bits per heavy atom. The topological polar surface area (TPSA) is 125 Å². The number of hydrogen-bond donors (Lipinski definition) is 4. The van der Waals surface area contributed by atoms with Gasteiger partial charge < -0.3 is 20.7 Å². The van der Waals surface area contributed by atoms with Gasteiger partial charge >= 0.3 is 0 Å². The fraction of sp³-hybridized carbons (Fsp3) is 0.217. The number of methoxy groups -OCH3 is 1. The van der Waals surface area contributed by atoms with Crippen molar-refractivity contribution in [3.8, 4) is 5.75 Å². The Hall–Kier alpha value is -4.14. The summed E-state index contributed by atoms with van der Waals surface area (Å²) in [6.45, 7) is 3.85. The lowest BCUT2D eigenvalue weighted by molar-refractivity contribution is -0.123. The van der Waals surface area contributed by atoms with Gasteiger partial charge in [-0.05, 0) is 43.7 Å². The molecule has 0 saturated carbocycles. The average Bonchev–Trinajstić information content (AvgIpc) is 2.74. The molecule has 9 nitrogen and oxygen atoms in total. The van der Waals surface area contributed by atoms with Crippen LogP contribution in [-0.2, 0) is 9.59 Å². The highest BCUT2D eigenvalue weighted by Gasteiger charge is 2.35. The molecule has 1 aliphatic heterocycles. The average molecular weight is 433 g/mol. The van der Waals surface area contributed by atoms with Crippen molar-refractivity contribution in [1.29, 1.82) is 0 Å². The van der Waals surface area contributed by atoms with E-state index in [4.69, 9.17) is 4.74 Å². The standard InChI is InChI=1S/C23H23N5O4/c1-12-4-7-14(8-5-12)24-23-27-20-19(22(31)28-23)15(11-18(29)26-20)21(30)25-16-10-13(2)6-9-17(16)32-3/h4-10,15H,11H2,1-3H3,(H,25,30)(H3,24,26,27,28,29,31)/t15-/m0/s1. The molecule has 164 valence electrons. The van der Waals surface area contributed by atoms with Crippen molar-refractivity contribution in [2.45, 2.75) is 26.2 Å². The van der Waals surface area contributed by atoms with Crippen LogP contribution in [0.2, 0.25) is 0 Å². The van der Waals surface area contributed by atoms with Crippen LogP contribution in [0.3, 0.4) is 0 Å². The van der Waals surface area contributed by atoms with Gasteiger partial charge in [0.05, 0.1) is 24.3 Å². The molecule has 1 atom stereocenters. The first-order chi connectivity index (χ1) is 15.3. The summed E-state index contributed by atoms with van der Waals surface area (Å²) in [6, 6.07) is 12.9. The second kappa shape index (κ2) is 8.54. The number of amides is 2. The van der Waals surface area contributed by atoms with Crippen molar-refractivity contribution in [3.63, 3.8) is 0 Å². The van der Waals surface area contributed by atoms with Crippen LogP contribution in [0.15, 0.2) is 47.3 Å². The Morgan fingerprint density at radius 3 is 2.53 bits per heavy atom. The monoisotopic (exact) mass is 433 g/mol. The summed E-state index contributed by atoms with van der Waals surface area (Å²) in [5.41, 5.74) is 2.82. The van der Waals surface area contributed by atoms with E-state index in [1.54, 1.807) is 12.1 Å². The zero-order valence-corrected chi connectivity index (χ0v) is 17.9. The Kier molecular flexibility index (Phi) is 5.63. The summed E-state index contributed by atoms with van der Waals surface area (Å²) in [6.07, 6.45) is -0.164. The second-order valence-electron chi connectivity index (χ2n) is 7.67. The van der Waals surface area contributed by atoms with Crippen molar-refractivity contribution < 1.29 is 14.3 Å². The van der Waals surface area contributed by atoms with Crippen molar-refractivity contribution >= 4 is 35.0 Å². The Morgan fingerprint density at radius 1 is 1.09 bits per heavy atom. The molecule has 4 rings (SSSR count). The van der Waals surface area contributed by atoms with E-state index in [1.807, 2.05) is 44.2 Å². The minimum absolute atomic E-state index is 0.0657. The zero-order chi connectivity index (χ0) is 22.8. The van der Waals surface area contributed by atoms with E-state index in [0.29, 0.717) is 11.4 Å². The van der Waals surface area contributed by atoms with E-state index in [-0.39, 0.29) is 23.8 Å². The fourth-order valence-corrected chi connectivity index (χ4v) is 3.57. The van der Waals surface area contributed by atoms with E-state index < -0.39 is 23.3 Å². The van der Waals surface area contributed by atoms with Gasteiger partial charge in [0.25, 0.3) is 5.56 Å². The van der Waals surface area contributed by atoms with Gasteiger partial charge in [-0.2, -0.15) is 4.98 Å². The summed E-state index contributed by atoms with van der Waals surface area (Å²) < 4.78 is 5.30. The molecule has 0 unspecified atom stereocenters. The van der Waals surface area contributed by atoms with Gasteiger partial charge in [-0.25, -0.2) is 0 Å². The van der Waals surface area contributed by atoms with E-state index in [1.165, 1.54) is 7.11 Å². The molecule has 4 N–H and O–H groups in total. The number of hydrogen-bond acceptors (Lipinski definition) is 6. The number of aromatic nitrogens is 2. The summed E-state index contributed by atoms with van der Waals surface area (Å²) in [4.78, 5) is 45.2. The van der Waals surface area contributed by atoms with Crippen molar-refractivity contribution in [3.05, 3.63) is 69.5 Å². The summed E-state index contributed by atoms with van der Waals surface area (Å²) >= 11 is 0. The molecule has 9 heteroatoms. The molecule has 3 aromatic rings. The molecule has 32 heavy (non-hydrogen) atoms. The highest BCUT2D eigenvalue weighted by atomic mass is 16.5. The number of nitrogens with one attached hydrogen (secondary N) is 4. The van der Waals surface area contributed by atoms with E-state index in [9.17, 15) is 14.4 Å². The highest BCUT2D eigenvalue weighted by Crippen LogP contribution is 2.32. The van der Waals surface area contributed by atoms with Gasteiger partial charge in [0.2, 0.25) is 17.8 Å². The van der Waals surface area contributed by atoms with Crippen LogP contribution in [0.1, 0.15) is 29.0 Å². The maximum absolute atomic E-state index is 13.1. The minimum Gasteiger partial charge on any atom is -0.495 e. The fourth-order valence-electron chi connectivity index (χ4n) is 3.57. The zero-order valence-electron chi connectivity index (χ0n) is 17.9. The van der Waals surface area contributed by atoms with E-state index >= 15 is 0 Å². The van der Waals surface area contributed by atoms with Crippen molar-refractivity contribution in [2.24, 2.45) is 0 Å². The normalized spacial score (nSPS) is 14.8. The number of anilines is 4. The third kappa shape index (κ3) is 4.31. The number of aromatic amines is 1. The van der Waals surface area contributed by atoms with Crippen LogP contribution in [0, 0.1) is 13.8 Å². The molecule has 0 saturated heterocycles. The van der Waals surface area contributed by atoms with Gasteiger partial charge in [-0.3, -0.25) is 19.4 Å². The van der Waals surface area contributed by atoms with Gasteiger partial charge in [0.1, 0.15) is 11.6 Å². The number of carbonyl (C=O) groups is 2. The molecular formula is C23H23N5O4. The smallest absolute Gasteiger partial charge is 0.258 e. The quantitative estimate of drug-likeness (QED) is 0.490. The second-order valence-corrected chi connectivity index (χ2v) is 7.67. The molecule has 2 heterocycles. The number of carbonyl (C=O) groups excluding carboxylic acids is 2. The minimum atomic E-state index is -0.992. The number of fused-ring (bicyclic) bond motifs is 1. The van der Waals surface area contributed by atoms with Crippen LogP contribution in [0.25, 0.3) is 0 Å². The molecule has 0 spiro atoms. The number of aryl methyl sites for hydroxylation is 2. The Bertz CT molecular complexity index is 1250. The predicted molar refractivity (Wildman–Crippen MR) is 122 cm³/mol. The first-order valence-corrected chi connectivity index (χ1v) is 10.1. The molecule has 1 aliphatic rings. The van der Waals surface area contributed by atoms with Crippen LogP contribution in [-0.4, -0.2) is 28.9 Å². The summed E-state index contributed by atoms with van der Waals surface area (Å²) in [7, 11) is 1.50. The van der Waals surface area contributed by atoms with E-state index in [2.05, 4.69) is 25.9 Å². The van der Waals surface area contributed by atoms with Crippen LogP contribution >= 0.6 is 0 Å². The molecular weight excluding hydrogens is 410 g/mol. The van der Waals surface area contributed by atoms with Gasteiger partial charge in [0.15, 0.2) is 0 Å². The third-order valence-corrected chi connectivity index (χ3v) is 5.19.